The molecule has 0 aliphatic carbocycles. The van der Waals surface area contributed by atoms with Gasteiger partial charge in [0.15, 0.2) is 58.6 Å². The van der Waals surface area contributed by atoms with E-state index in [1.54, 1.807) is 6.92 Å². The van der Waals surface area contributed by atoms with Crippen LogP contribution in [0.5, 0.6) is 0 Å². The van der Waals surface area contributed by atoms with Crippen LogP contribution in [0.15, 0.2) is 12.2 Å². The number of carbonyl (C=O) groups excluding carboxylic acids is 1. The minimum atomic E-state index is -2.28. The maximum atomic E-state index is 11.6. The van der Waals surface area contributed by atoms with Gasteiger partial charge in [-0.25, -0.2) is 0 Å². The fraction of sp³-hybridized carbons (Fsp3) is 0.833. The molecule has 1 unspecified atom stereocenters. The summed E-state index contributed by atoms with van der Waals surface area (Å²) in [5.41, 5.74) is -1.72. The van der Waals surface area contributed by atoms with Crippen molar-refractivity contribution in [3.63, 3.8) is 0 Å². The number of amides is 1. The van der Waals surface area contributed by atoms with Crippen LogP contribution in [0.2, 0.25) is 45.3 Å². The summed E-state index contributed by atoms with van der Waals surface area (Å²) in [5, 5.41) is 12.7. The molecule has 1 amide bonds. The Morgan fingerprint density at radius 3 is 1.63 bits per heavy atom. The van der Waals surface area contributed by atoms with Crippen molar-refractivity contribution in [3.05, 3.63) is 12.2 Å². The number of ether oxygens (including phenoxy) is 1. The standard InChI is InChI=1S/C18H49NO9Si7/c1-14(2)16(21)19-12-15(20)13-22-10-9-11-35(17(23-29-3,24-30-4)25-31-5)18(26-32-6,27-33-7)28-34-8/h15,20,35H,1,9-13,29-34H2,2-8H3,(H,19,21). The van der Waals surface area contributed by atoms with Gasteiger partial charge in [0.05, 0.1) is 12.7 Å². The zero-order valence-electron chi connectivity index (χ0n) is 22.9. The van der Waals surface area contributed by atoms with Crippen LogP contribution in [-0.4, -0.2) is 115 Å². The van der Waals surface area contributed by atoms with E-state index < -0.39 is 84.7 Å². The SMILES string of the molecule is C=C(C)C(=O)NCC(O)COCCC[SiH](C(O[SiH2]C)(O[SiH2]C)O[SiH2]C)C(O[SiH2]C)(O[SiH2]C)O[SiH2]C. The molecule has 0 aromatic carbocycles. The van der Waals surface area contributed by atoms with Gasteiger partial charge < -0.3 is 41.7 Å². The second kappa shape index (κ2) is 20.4. The Labute approximate surface area is 227 Å². The second-order valence-corrected chi connectivity index (χ2v) is 16.0. The lowest BCUT2D eigenvalue weighted by atomic mass is 10.3. The third-order valence-electron chi connectivity index (χ3n) is 4.90. The number of aliphatic hydroxyl groups is 1. The lowest BCUT2D eigenvalue weighted by Gasteiger charge is -2.48. The summed E-state index contributed by atoms with van der Waals surface area (Å²) >= 11 is 0. The highest BCUT2D eigenvalue weighted by molar-refractivity contribution is 6.66. The van der Waals surface area contributed by atoms with Crippen LogP contribution in [0.25, 0.3) is 0 Å². The van der Waals surface area contributed by atoms with E-state index in [2.05, 4.69) is 51.2 Å². The minimum Gasteiger partial charge on any atom is -0.389 e. The number of nitrogens with one attached hydrogen (secondary N) is 1. The monoisotopic (exact) mass is 619 g/mol. The fourth-order valence-corrected chi connectivity index (χ4v) is 17.6. The third-order valence-corrected chi connectivity index (χ3v) is 14.7. The highest BCUT2D eigenvalue weighted by atomic mass is 28.3. The van der Waals surface area contributed by atoms with Crippen molar-refractivity contribution in [3.8, 4) is 0 Å². The smallest absolute Gasteiger partial charge is 0.246 e. The number of hydrogen-bond acceptors (Lipinski definition) is 9. The predicted octanol–water partition coefficient (Wildman–Crippen LogP) is -3.05. The molecule has 0 fully saturated rings. The molecule has 0 bridgehead atoms. The average molecular weight is 620 g/mol. The van der Waals surface area contributed by atoms with Crippen LogP contribution >= 0.6 is 0 Å². The normalized spacial score (nSPS) is 18.9. The van der Waals surface area contributed by atoms with Gasteiger partial charge in [0.25, 0.3) is 0 Å². The topological polar surface area (TPSA) is 114 Å². The van der Waals surface area contributed by atoms with Crippen LogP contribution in [-0.2, 0) is 36.1 Å². The summed E-state index contributed by atoms with van der Waals surface area (Å²) in [6.07, 6.45) is -0.0813. The summed E-state index contributed by atoms with van der Waals surface area (Å²) in [7, 11) is -7.35. The summed E-state index contributed by atoms with van der Waals surface area (Å²) in [5.74, 6) is -0.276. The minimum absolute atomic E-state index is 0.118. The van der Waals surface area contributed by atoms with Crippen LogP contribution in [0.4, 0.5) is 0 Å². The Hall–Kier alpha value is 0.408. The first-order chi connectivity index (χ1) is 16.7. The van der Waals surface area contributed by atoms with E-state index in [-0.39, 0.29) is 19.1 Å². The van der Waals surface area contributed by atoms with Crippen molar-refractivity contribution in [2.75, 3.05) is 19.8 Å². The lowest BCUT2D eigenvalue weighted by molar-refractivity contribution is -0.238. The molecule has 17 heteroatoms. The van der Waals surface area contributed by atoms with Crippen molar-refractivity contribution >= 4 is 73.3 Å². The zero-order chi connectivity index (χ0) is 26.7. The van der Waals surface area contributed by atoms with E-state index in [1.165, 1.54) is 0 Å². The first kappa shape index (κ1) is 35.4. The molecule has 208 valence electrons. The first-order valence-corrected chi connectivity index (χ1v) is 26.7. The van der Waals surface area contributed by atoms with Gasteiger partial charge >= 0.3 is 0 Å². The molecule has 0 aromatic heterocycles. The summed E-state index contributed by atoms with van der Waals surface area (Å²) in [6.45, 7) is 18.4. The Balaban J connectivity index is 5.55. The Kier molecular flexibility index (Phi) is 20.6. The molecule has 0 aliphatic rings. The highest BCUT2D eigenvalue weighted by Gasteiger charge is 2.56. The molecule has 0 rings (SSSR count). The molecule has 1 atom stereocenters. The van der Waals surface area contributed by atoms with Crippen molar-refractivity contribution in [2.45, 2.75) is 76.0 Å². The van der Waals surface area contributed by atoms with Gasteiger partial charge in [-0.1, -0.05) is 45.9 Å². The van der Waals surface area contributed by atoms with Crippen LogP contribution in [0, 0.1) is 0 Å². The van der Waals surface area contributed by atoms with Gasteiger partial charge in [0.1, 0.15) is 0 Å². The Morgan fingerprint density at radius 1 is 0.886 bits per heavy atom. The van der Waals surface area contributed by atoms with Crippen molar-refractivity contribution in [1.29, 1.82) is 0 Å². The van der Waals surface area contributed by atoms with Gasteiger partial charge in [-0.05, 0) is 19.4 Å². The summed E-state index contributed by atoms with van der Waals surface area (Å²) < 4.78 is 44.1. The number of rotatable bonds is 23. The van der Waals surface area contributed by atoms with Gasteiger partial charge in [-0.3, -0.25) is 4.79 Å². The van der Waals surface area contributed by atoms with Crippen molar-refractivity contribution < 1.29 is 41.2 Å². The molecule has 0 radical (unpaired) electrons. The van der Waals surface area contributed by atoms with Gasteiger partial charge in [0.2, 0.25) is 25.9 Å². The molecule has 0 saturated carbocycles. The van der Waals surface area contributed by atoms with E-state index in [0.29, 0.717) is 18.6 Å². The molecule has 0 spiro atoms. The molecule has 0 saturated heterocycles. The number of aliphatic hydroxyl groups excluding tert-OH is 1. The van der Waals surface area contributed by atoms with Crippen molar-refractivity contribution in [2.24, 2.45) is 0 Å². The maximum Gasteiger partial charge on any atom is 0.246 e. The molecular weight excluding hydrogens is 571 g/mol. The predicted molar refractivity (Wildman–Crippen MR) is 160 cm³/mol. The van der Waals surface area contributed by atoms with E-state index in [1.807, 2.05) is 0 Å². The van der Waals surface area contributed by atoms with E-state index in [9.17, 15) is 9.90 Å². The molecule has 2 N–H and O–H groups in total. The molecule has 0 heterocycles. The van der Waals surface area contributed by atoms with Crippen LogP contribution < -0.4 is 5.32 Å². The number of hydrogen-bond donors (Lipinski definition) is 2. The largest absolute Gasteiger partial charge is 0.389 e. The highest BCUT2D eigenvalue weighted by Crippen LogP contribution is 2.33. The van der Waals surface area contributed by atoms with Crippen LogP contribution in [0.1, 0.15) is 13.3 Å². The van der Waals surface area contributed by atoms with Gasteiger partial charge in [-0.15, -0.1) is 0 Å². The quantitative estimate of drug-likeness (QED) is 0.0533. The van der Waals surface area contributed by atoms with Gasteiger partial charge in [0, 0.05) is 18.7 Å². The zero-order valence-corrected chi connectivity index (χ0v) is 32.5. The summed E-state index contributed by atoms with van der Waals surface area (Å²) in [4.78, 5) is 11.6. The fourth-order valence-electron chi connectivity index (χ4n) is 3.66. The average Bonchev–Trinajstić information content (AvgIpc) is 2.80. The maximum absolute atomic E-state index is 11.6. The lowest BCUT2D eigenvalue weighted by Crippen LogP contribution is -2.68. The first-order valence-electron chi connectivity index (χ1n) is 12.7. The number of carbonyl (C=O) groups is 1. The van der Waals surface area contributed by atoms with Crippen molar-refractivity contribution in [1.82, 2.24) is 5.32 Å². The summed E-state index contributed by atoms with van der Waals surface area (Å²) in [6, 6.07) is 0.733. The second-order valence-electron chi connectivity index (χ2n) is 7.72. The molecular formula is C18H49NO9Si7. The Morgan fingerprint density at radius 2 is 1.29 bits per heavy atom. The van der Waals surface area contributed by atoms with Gasteiger partial charge in [-0.2, -0.15) is 0 Å². The third kappa shape index (κ3) is 12.7. The molecule has 0 aromatic rings. The molecule has 0 aliphatic heterocycles. The Bertz CT molecular complexity index is 534. The molecule has 35 heavy (non-hydrogen) atoms. The van der Waals surface area contributed by atoms with Crippen LogP contribution in [0.3, 0.4) is 0 Å². The molecule has 10 nitrogen and oxygen atoms in total. The van der Waals surface area contributed by atoms with E-state index in [4.69, 9.17) is 31.3 Å². The van der Waals surface area contributed by atoms with E-state index in [0.717, 1.165) is 6.04 Å². The van der Waals surface area contributed by atoms with E-state index >= 15 is 0 Å².